The van der Waals surface area contributed by atoms with E-state index in [1.807, 2.05) is 31.2 Å². The first-order valence-electron chi connectivity index (χ1n) is 10.1. The molecule has 0 aromatic heterocycles. The van der Waals surface area contributed by atoms with E-state index in [0.29, 0.717) is 18.6 Å². The summed E-state index contributed by atoms with van der Waals surface area (Å²) in [5, 5.41) is 10.8. The van der Waals surface area contributed by atoms with Crippen LogP contribution in [0.2, 0.25) is 0 Å². The monoisotopic (exact) mass is 408 g/mol. The van der Waals surface area contributed by atoms with E-state index in [1.165, 1.54) is 18.2 Å². The molecule has 1 N–H and O–H groups in total. The lowest BCUT2D eigenvalue weighted by molar-refractivity contribution is -0.156. The lowest BCUT2D eigenvalue weighted by Gasteiger charge is -2.42. The number of allylic oxidation sites excluding steroid dienone is 1. The summed E-state index contributed by atoms with van der Waals surface area (Å²) in [6.45, 7) is 2.39. The molecule has 2 aromatic rings. The second kappa shape index (κ2) is 8.17. The molecule has 0 amide bonds. The molecule has 1 fully saturated rings. The fraction of sp³-hybridized carbons (Fsp3) is 0.360. The Morgan fingerprint density at radius 1 is 0.900 bits per heavy atom. The highest BCUT2D eigenvalue weighted by molar-refractivity contribution is 5.50. The average molecular weight is 408 g/mol. The molecule has 0 radical (unpaired) electrons. The Bertz CT molecular complexity index is 958. The summed E-state index contributed by atoms with van der Waals surface area (Å²) in [5.74, 6) is 1.28. The van der Waals surface area contributed by atoms with E-state index in [0.717, 1.165) is 22.8 Å². The van der Waals surface area contributed by atoms with Gasteiger partial charge in [-0.05, 0) is 47.9 Å². The maximum atomic E-state index is 10.8. The predicted octanol–water partition coefficient (Wildman–Crippen LogP) is 4.54. The lowest BCUT2D eigenvalue weighted by atomic mass is 9.72. The number of aliphatic hydroxyl groups is 1. The summed E-state index contributed by atoms with van der Waals surface area (Å²) in [6, 6.07) is 16.3. The normalized spacial score (nSPS) is 25.8. The van der Waals surface area contributed by atoms with Crippen LogP contribution in [-0.2, 0) is 9.47 Å². The molecule has 5 heteroatoms. The minimum Gasteiger partial charge on any atom is -0.497 e. The summed E-state index contributed by atoms with van der Waals surface area (Å²) in [6.07, 6.45) is 2.44. The standard InChI is InChI=1S/C25H28O5/c1-16-24-21(13-14-25(16,26)29-4)23(18-7-11-20(28-3)12-8-18)22(15-30-24)17-5-9-19(27-2)10-6-17/h5-13,22-23,26H,14-15H2,1-4H3/t22-,23-,25?/m0/s1. The van der Waals surface area contributed by atoms with E-state index in [1.54, 1.807) is 14.2 Å². The van der Waals surface area contributed by atoms with Gasteiger partial charge in [-0.15, -0.1) is 0 Å². The molecular weight excluding hydrogens is 380 g/mol. The van der Waals surface area contributed by atoms with Gasteiger partial charge in [-0.1, -0.05) is 30.3 Å². The Kier molecular flexibility index (Phi) is 5.58. The summed E-state index contributed by atoms with van der Waals surface area (Å²) < 4.78 is 22.3. The van der Waals surface area contributed by atoms with Gasteiger partial charge in [0.15, 0.2) is 5.79 Å². The van der Waals surface area contributed by atoms with E-state index < -0.39 is 5.79 Å². The molecule has 1 aliphatic carbocycles. The average Bonchev–Trinajstić information content (AvgIpc) is 2.81. The van der Waals surface area contributed by atoms with Gasteiger partial charge in [-0.2, -0.15) is 0 Å². The molecule has 30 heavy (non-hydrogen) atoms. The molecule has 2 aliphatic rings. The molecule has 158 valence electrons. The van der Waals surface area contributed by atoms with Crippen molar-refractivity contribution in [2.24, 2.45) is 0 Å². The van der Waals surface area contributed by atoms with Crippen molar-refractivity contribution >= 4 is 0 Å². The van der Waals surface area contributed by atoms with Gasteiger partial charge in [-0.25, -0.2) is 0 Å². The highest BCUT2D eigenvalue weighted by Gasteiger charge is 2.43. The minimum absolute atomic E-state index is 0.0874. The van der Waals surface area contributed by atoms with Crippen LogP contribution < -0.4 is 9.47 Å². The minimum atomic E-state index is -1.32. The molecule has 0 bridgehead atoms. The van der Waals surface area contributed by atoms with Crippen LogP contribution in [0.3, 0.4) is 0 Å². The Morgan fingerprint density at radius 3 is 2.00 bits per heavy atom. The molecule has 1 aliphatic heterocycles. The van der Waals surface area contributed by atoms with Crippen molar-refractivity contribution in [3.63, 3.8) is 0 Å². The fourth-order valence-corrected chi connectivity index (χ4v) is 4.43. The van der Waals surface area contributed by atoms with Crippen molar-refractivity contribution in [1.29, 1.82) is 0 Å². The van der Waals surface area contributed by atoms with E-state index in [4.69, 9.17) is 18.9 Å². The second-order valence-corrected chi connectivity index (χ2v) is 7.75. The van der Waals surface area contributed by atoms with E-state index in [2.05, 4.69) is 30.3 Å². The van der Waals surface area contributed by atoms with Crippen LogP contribution in [0.4, 0.5) is 0 Å². The van der Waals surface area contributed by atoms with Crippen LogP contribution in [0.25, 0.3) is 0 Å². The van der Waals surface area contributed by atoms with E-state index in [-0.39, 0.29) is 11.8 Å². The Morgan fingerprint density at radius 2 is 1.47 bits per heavy atom. The molecule has 1 heterocycles. The van der Waals surface area contributed by atoms with Gasteiger partial charge in [0.25, 0.3) is 0 Å². The molecule has 2 aromatic carbocycles. The van der Waals surface area contributed by atoms with Crippen LogP contribution in [0.1, 0.15) is 36.3 Å². The summed E-state index contributed by atoms with van der Waals surface area (Å²) in [5.41, 5.74) is 4.17. The molecule has 1 unspecified atom stereocenters. The number of fused-ring (bicyclic) bond motifs is 1. The Hall–Kier alpha value is -2.76. The van der Waals surface area contributed by atoms with Crippen molar-refractivity contribution < 1.29 is 24.1 Å². The Balaban J connectivity index is 1.79. The first-order chi connectivity index (χ1) is 14.5. The summed E-state index contributed by atoms with van der Waals surface area (Å²) >= 11 is 0. The van der Waals surface area contributed by atoms with Crippen molar-refractivity contribution in [2.45, 2.75) is 31.0 Å². The first-order valence-corrected chi connectivity index (χ1v) is 10.1. The van der Waals surface area contributed by atoms with E-state index in [9.17, 15) is 5.11 Å². The second-order valence-electron chi connectivity index (χ2n) is 7.75. The number of rotatable bonds is 5. The van der Waals surface area contributed by atoms with Gasteiger partial charge in [0.2, 0.25) is 0 Å². The van der Waals surface area contributed by atoms with Gasteiger partial charge in [0, 0.05) is 30.9 Å². The van der Waals surface area contributed by atoms with Gasteiger partial charge in [-0.3, -0.25) is 0 Å². The maximum Gasteiger partial charge on any atom is 0.195 e. The lowest BCUT2D eigenvalue weighted by Crippen LogP contribution is -2.38. The summed E-state index contributed by atoms with van der Waals surface area (Å²) in [7, 11) is 4.86. The highest BCUT2D eigenvalue weighted by atomic mass is 16.6. The van der Waals surface area contributed by atoms with Gasteiger partial charge >= 0.3 is 0 Å². The van der Waals surface area contributed by atoms with E-state index >= 15 is 0 Å². The number of ether oxygens (including phenoxy) is 4. The number of methoxy groups -OCH3 is 3. The maximum absolute atomic E-state index is 10.8. The predicted molar refractivity (Wildman–Crippen MR) is 115 cm³/mol. The molecule has 3 atom stereocenters. The fourth-order valence-electron chi connectivity index (χ4n) is 4.43. The summed E-state index contributed by atoms with van der Waals surface area (Å²) in [4.78, 5) is 0. The van der Waals surface area contributed by atoms with Crippen LogP contribution in [-0.4, -0.2) is 38.8 Å². The van der Waals surface area contributed by atoms with Crippen molar-refractivity contribution in [1.82, 2.24) is 0 Å². The molecule has 0 spiro atoms. The largest absolute Gasteiger partial charge is 0.497 e. The van der Waals surface area contributed by atoms with Crippen LogP contribution in [0, 0.1) is 0 Å². The molecular formula is C25H28O5. The molecule has 0 saturated carbocycles. The van der Waals surface area contributed by atoms with Gasteiger partial charge in [0.1, 0.15) is 17.3 Å². The first kappa shape index (κ1) is 20.5. The van der Waals surface area contributed by atoms with Crippen LogP contribution in [0.15, 0.2) is 71.5 Å². The topological polar surface area (TPSA) is 57.2 Å². The number of hydrogen-bond acceptors (Lipinski definition) is 5. The van der Waals surface area contributed by atoms with Crippen LogP contribution >= 0.6 is 0 Å². The molecule has 4 rings (SSSR count). The third kappa shape index (κ3) is 3.48. The zero-order valence-corrected chi connectivity index (χ0v) is 17.8. The van der Waals surface area contributed by atoms with Crippen molar-refractivity contribution in [3.8, 4) is 11.5 Å². The van der Waals surface area contributed by atoms with Crippen molar-refractivity contribution in [3.05, 3.63) is 82.6 Å². The smallest absolute Gasteiger partial charge is 0.195 e. The van der Waals surface area contributed by atoms with Gasteiger partial charge < -0.3 is 24.1 Å². The molecule has 1 saturated heterocycles. The van der Waals surface area contributed by atoms with Crippen molar-refractivity contribution in [2.75, 3.05) is 27.9 Å². The third-order valence-electron chi connectivity index (χ3n) is 6.29. The quantitative estimate of drug-likeness (QED) is 0.736. The SMILES string of the molecule is COc1ccc([C@H]2C3=CCC(O)(OC)C(C)=C3OC[C@H]2c2ccc(OC)cc2)cc1. The molecule has 5 nitrogen and oxygen atoms in total. The zero-order chi connectivity index (χ0) is 21.3. The van der Waals surface area contributed by atoms with Gasteiger partial charge in [0.05, 0.1) is 20.8 Å². The number of hydrogen-bond donors (Lipinski definition) is 1. The number of benzene rings is 2. The Labute approximate surface area is 177 Å². The highest BCUT2D eigenvalue weighted by Crippen LogP contribution is 2.50. The van der Waals surface area contributed by atoms with Crippen LogP contribution in [0.5, 0.6) is 11.5 Å². The zero-order valence-electron chi connectivity index (χ0n) is 17.8. The third-order valence-corrected chi connectivity index (χ3v) is 6.29.